The highest BCUT2D eigenvalue weighted by atomic mass is 16.7. The van der Waals surface area contributed by atoms with Gasteiger partial charge in [-0.3, -0.25) is 4.79 Å². The highest BCUT2D eigenvalue weighted by Gasteiger charge is 2.05. The van der Waals surface area contributed by atoms with E-state index in [4.69, 9.17) is 16.6 Å². The number of rotatable bonds is 4. The van der Waals surface area contributed by atoms with Gasteiger partial charge in [0.05, 0.1) is 12.8 Å². The Kier molecular flexibility index (Phi) is 4.20. The molecule has 7 nitrogen and oxygen atoms in total. The van der Waals surface area contributed by atoms with E-state index in [1.54, 1.807) is 0 Å². The smallest absolute Gasteiger partial charge is 0.335 e. The topological polar surface area (TPSA) is 128 Å². The number of carbonyl (C=O) groups is 2. The average Bonchev–Trinajstić information content (AvgIpc) is 1.96. The van der Waals surface area contributed by atoms with Gasteiger partial charge >= 0.3 is 11.9 Å². The number of carboxylic acid groups (broad SMARTS) is 1. The van der Waals surface area contributed by atoms with E-state index in [0.717, 1.165) is 0 Å². The van der Waals surface area contributed by atoms with Gasteiger partial charge in [0, 0.05) is 0 Å². The molecule has 0 atom stereocenters. The number of hydrogen-bond acceptors (Lipinski definition) is 4. The summed E-state index contributed by atoms with van der Waals surface area (Å²) >= 11 is 0. The van der Waals surface area contributed by atoms with Crippen molar-refractivity contribution in [1.29, 1.82) is 0 Å². The van der Waals surface area contributed by atoms with Crippen LogP contribution in [0.25, 0.3) is 0 Å². The monoisotopic (exact) mass is 175 g/mol. The molecule has 0 saturated carbocycles. The van der Waals surface area contributed by atoms with Crippen molar-refractivity contribution in [2.75, 3.05) is 0 Å². The molecule has 0 aliphatic carbocycles. The summed E-state index contributed by atoms with van der Waals surface area (Å²) in [5, 5.41) is 11.1. The molecule has 0 aromatic rings. The van der Waals surface area contributed by atoms with Crippen LogP contribution in [0, 0.1) is 0 Å². The molecule has 0 fully saturated rings. The number of hydrogen-bond donors (Lipinski definition) is 3. The molecule has 0 aromatic heterocycles. The Morgan fingerprint density at radius 2 is 1.92 bits per heavy atom. The van der Waals surface area contributed by atoms with Gasteiger partial charge in [0.1, 0.15) is 0 Å². The van der Waals surface area contributed by atoms with Crippen LogP contribution < -0.4 is 11.5 Å². The van der Waals surface area contributed by atoms with Gasteiger partial charge in [-0.05, 0) is 5.16 Å². The lowest BCUT2D eigenvalue weighted by atomic mass is 10.3. The molecule has 0 amide bonds. The van der Waals surface area contributed by atoms with Gasteiger partial charge < -0.3 is 21.4 Å². The predicted octanol–water partition coefficient (Wildman–Crippen LogP) is -1.42. The van der Waals surface area contributed by atoms with Crippen molar-refractivity contribution in [1.82, 2.24) is 0 Å². The van der Waals surface area contributed by atoms with E-state index in [-0.39, 0.29) is 12.8 Å². The Labute approximate surface area is 68.0 Å². The van der Waals surface area contributed by atoms with E-state index in [1.807, 2.05) is 0 Å². The number of nitrogens with two attached hydrogens (primary N) is 2. The summed E-state index contributed by atoms with van der Waals surface area (Å²) in [4.78, 5) is 24.6. The quantitative estimate of drug-likeness (QED) is 0.208. The second-order valence-corrected chi connectivity index (χ2v) is 1.87. The zero-order chi connectivity index (χ0) is 9.56. The highest BCUT2D eigenvalue weighted by Crippen LogP contribution is 1.92. The largest absolute Gasteiger partial charge is 0.481 e. The van der Waals surface area contributed by atoms with Crippen molar-refractivity contribution in [3.8, 4) is 0 Å². The maximum atomic E-state index is 10.5. The third kappa shape index (κ3) is 6.33. The summed E-state index contributed by atoms with van der Waals surface area (Å²) in [6.45, 7) is 0. The fourth-order valence-electron chi connectivity index (χ4n) is 0.358. The number of aliphatic carboxylic acids is 1. The van der Waals surface area contributed by atoms with E-state index in [0.29, 0.717) is 0 Å². The predicted molar refractivity (Wildman–Crippen MR) is 38.8 cm³/mol. The minimum absolute atomic E-state index is 0.258. The molecule has 0 aliphatic rings. The Morgan fingerprint density at radius 1 is 1.33 bits per heavy atom. The fraction of sp³-hybridized carbons (Fsp3) is 0.400. The molecule has 5 N–H and O–H groups in total. The Balaban J connectivity index is 3.61. The van der Waals surface area contributed by atoms with Crippen LogP contribution in [0.5, 0.6) is 0 Å². The molecule has 0 aromatic carbocycles. The minimum Gasteiger partial charge on any atom is -0.481 e. The van der Waals surface area contributed by atoms with Crippen LogP contribution in [0.15, 0.2) is 5.16 Å². The first kappa shape index (κ1) is 10.2. The number of nitrogens with zero attached hydrogens (tertiary/aromatic N) is 1. The summed E-state index contributed by atoms with van der Waals surface area (Å²) in [7, 11) is 0. The van der Waals surface area contributed by atoms with Crippen molar-refractivity contribution < 1.29 is 19.5 Å². The summed E-state index contributed by atoms with van der Waals surface area (Å²) in [6, 6.07) is 0. The Bertz CT molecular complexity index is 209. The first-order valence-electron chi connectivity index (χ1n) is 3.03. The van der Waals surface area contributed by atoms with Crippen molar-refractivity contribution in [2.24, 2.45) is 16.6 Å². The maximum absolute atomic E-state index is 10.5. The normalized spacial score (nSPS) is 8.67. The second-order valence-electron chi connectivity index (χ2n) is 1.87. The molecular formula is C5H9N3O4. The molecule has 0 spiro atoms. The molecule has 0 saturated heterocycles. The van der Waals surface area contributed by atoms with Crippen LogP contribution in [0.2, 0.25) is 0 Å². The molecular weight excluding hydrogens is 166 g/mol. The van der Waals surface area contributed by atoms with Crippen LogP contribution in [-0.2, 0) is 14.4 Å². The van der Waals surface area contributed by atoms with Gasteiger partial charge in [-0.15, -0.1) is 0 Å². The van der Waals surface area contributed by atoms with Crippen LogP contribution in [0.1, 0.15) is 12.8 Å². The van der Waals surface area contributed by atoms with E-state index >= 15 is 0 Å². The number of carboxylic acids is 1. The van der Waals surface area contributed by atoms with Gasteiger partial charge in [0.2, 0.25) is 5.96 Å². The number of carbonyl (C=O) groups excluding carboxylic acids is 1. The van der Waals surface area contributed by atoms with Gasteiger partial charge in [-0.1, -0.05) is 0 Å². The third-order valence-electron chi connectivity index (χ3n) is 0.796. The van der Waals surface area contributed by atoms with Crippen molar-refractivity contribution in [3.63, 3.8) is 0 Å². The van der Waals surface area contributed by atoms with Crippen molar-refractivity contribution in [2.45, 2.75) is 12.8 Å². The zero-order valence-electron chi connectivity index (χ0n) is 6.19. The number of oxime groups is 1. The average molecular weight is 175 g/mol. The molecule has 0 radical (unpaired) electrons. The Morgan fingerprint density at radius 3 is 2.33 bits per heavy atom. The lowest BCUT2D eigenvalue weighted by Crippen LogP contribution is -2.23. The molecule has 0 bridgehead atoms. The van der Waals surface area contributed by atoms with Gasteiger partial charge in [-0.25, -0.2) is 4.79 Å². The van der Waals surface area contributed by atoms with Crippen molar-refractivity contribution >= 4 is 17.9 Å². The lowest BCUT2D eigenvalue weighted by Gasteiger charge is -1.94. The van der Waals surface area contributed by atoms with Gasteiger partial charge in [0.25, 0.3) is 0 Å². The molecule has 0 aliphatic heterocycles. The summed E-state index contributed by atoms with van der Waals surface area (Å²) in [5.41, 5.74) is 9.66. The van der Waals surface area contributed by atoms with Crippen LogP contribution in [0.4, 0.5) is 0 Å². The lowest BCUT2D eigenvalue weighted by molar-refractivity contribution is -0.147. The van der Waals surface area contributed by atoms with E-state index in [2.05, 4.69) is 9.99 Å². The SMILES string of the molecule is NC(N)=NOC(=O)CCC(=O)O. The summed E-state index contributed by atoms with van der Waals surface area (Å²) in [6.07, 6.45) is -0.565. The van der Waals surface area contributed by atoms with E-state index in [9.17, 15) is 9.59 Å². The molecule has 68 valence electrons. The van der Waals surface area contributed by atoms with Gasteiger partial charge in [-0.2, -0.15) is 0 Å². The van der Waals surface area contributed by atoms with Crippen molar-refractivity contribution in [3.05, 3.63) is 0 Å². The molecule has 0 rings (SSSR count). The molecule has 12 heavy (non-hydrogen) atoms. The number of guanidine groups is 1. The first-order valence-corrected chi connectivity index (χ1v) is 3.03. The van der Waals surface area contributed by atoms with Gasteiger partial charge in [0.15, 0.2) is 0 Å². The van der Waals surface area contributed by atoms with Crippen LogP contribution in [-0.4, -0.2) is 23.0 Å². The standard InChI is InChI=1S/C5H9N3O4/c6-5(7)8-12-4(11)2-1-3(9)10/h1-2H2,(H,9,10)(H4,6,7,8). The Hall–Kier alpha value is -1.79. The fourth-order valence-corrected chi connectivity index (χ4v) is 0.358. The summed E-state index contributed by atoms with van der Waals surface area (Å²) in [5.74, 6) is -2.26. The third-order valence-corrected chi connectivity index (χ3v) is 0.796. The first-order chi connectivity index (χ1) is 5.52. The van der Waals surface area contributed by atoms with E-state index < -0.39 is 17.9 Å². The molecule has 0 heterocycles. The van der Waals surface area contributed by atoms with Crippen LogP contribution in [0.3, 0.4) is 0 Å². The molecule has 7 heteroatoms. The van der Waals surface area contributed by atoms with E-state index in [1.165, 1.54) is 0 Å². The zero-order valence-corrected chi connectivity index (χ0v) is 6.19. The second kappa shape index (κ2) is 4.94. The highest BCUT2D eigenvalue weighted by molar-refractivity contribution is 5.79. The summed E-state index contributed by atoms with van der Waals surface area (Å²) < 4.78 is 0. The van der Waals surface area contributed by atoms with Crippen LogP contribution >= 0.6 is 0 Å². The molecule has 0 unspecified atom stereocenters. The maximum Gasteiger partial charge on any atom is 0.335 e. The minimum atomic E-state index is -1.09.